The van der Waals surface area contributed by atoms with Crippen molar-refractivity contribution < 1.29 is 9.53 Å². The molecule has 0 radical (unpaired) electrons. The molecule has 2 heterocycles. The number of alkyl halides is 3. The maximum absolute atomic E-state index is 11.3. The highest BCUT2D eigenvalue weighted by Crippen LogP contribution is 2.43. The summed E-state index contributed by atoms with van der Waals surface area (Å²) in [5.41, 5.74) is 0. The minimum Gasteiger partial charge on any atom is -0.378 e. The van der Waals surface area contributed by atoms with Crippen molar-refractivity contribution in [1.29, 1.82) is 0 Å². The van der Waals surface area contributed by atoms with Crippen molar-refractivity contribution in [2.75, 3.05) is 13.2 Å². The van der Waals surface area contributed by atoms with Crippen LogP contribution in [0.3, 0.4) is 0 Å². The Morgan fingerprint density at radius 2 is 2.15 bits per heavy atom. The van der Waals surface area contributed by atoms with Gasteiger partial charge in [0.25, 0.3) is 5.91 Å². The molecule has 74 valence electrons. The molecule has 2 aliphatic heterocycles. The van der Waals surface area contributed by atoms with E-state index < -0.39 is 4.33 Å². The molecule has 2 fully saturated rings. The monoisotopic (exact) mass is 243 g/mol. The second-order valence-corrected chi connectivity index (χ2v) is 5.23. The lowest BCUT2D eigenvalue weighted by molar-refractivity contribution is -0.120. The van der Waals surface area contributed by atoms with Gasteiger partial charge >= 0.3 is 0 Å². The maximum Gasteiger partial charge on any atom is 0.257 e. The first kappa shape index (κ1) is 9.84. The predicted octanol–water partition coefficient (Wildman–Crippen LogP) is 0.912. The summed E-state index contributed by atoms with van der Waals surface area (Å²) in [7, 11) is 0. The molecule has 3 atom stereocenters. The average molecular weight is 245 g/mol. The summed E-state index contributed by atoms with van der Waals surface area (Å²) in [5.74, 6) is -0.638. The summed E-state index contributed by atoms with van der Waals surface area (Å²) in [5, 5.41) is 2.35. The van der Waals surface area contributed by atoms with E-state index in [1.807, 2.05) is 0 Å². The van der Waals surface area contributed by atoms with Crippen LogP contribution in [-0.4, -0.2) is 34.9 Å². The molecule has 2 aliphatic rings. The summed E-state index contributed by atoms with van der Waals surface area (Å²) in [6.45, 7) is 0.819. The van der Waals surface area contributed by atoms with Gasteiger partial charge in [0.2, 0.25) is 4.33 Å². The summed E-state index contributed by atoms with van der Waals surface area (Å²) in [4.78, 5) is 11.3. The number of hydrogen-bond acceptors (Lipinski definition) is 2. The van der Waals surface area contributed by atoms with E-state index in [-0.39, 0.29) is 23.2 Å². The molecule has 6 heteroatoms. The predicted molar refractivity (Wildman–Crippen MR) is 50.3 cm³/mol. The van der Waals surface area contributed by atoms with Crippen LogP contribution in [0, 0.1) is 5.92 Å². The molecule has 0 aromatic carbocycles. The normalized spacial score (nSPS) is 42.7. The van der Waals surface area contributed by atoms with Gasteiger partial charge in [0.1, 0.15) is 0 Å². The van der Waals surface area contributed by atoms with Crippen LogP contribution >= 0.6 is 34.8 Å². The van der Waals surface area contributed by atoms with Gasteiger partial charge in [-0.3, -0.25) is 4.79 Å². The Balaban J connectivity index is 2.28. The Bertz CT molecular complexity index is 246. The highest BCUT2D eigenvalue weighted by Gasteiger charge is 2.57. The topological polar surface area (TPSA) is 38.3 Å². The molecular formula is C7H8Cl3NO2. The Morgan fingerprint density at radius 1 is 1.46 bits per heavy atom. The highest BCUT2D eigenvalue weighted by molar-refractivity contribution is 6.59. The van der Waals surface area contributed by atoms with E-state index in [0.717, 1.165) is 0 Å². The first-order valence-corrected chi connectivity index (χ1v) is 5.13. The standard InChI is InChI=1S/C7H8Cl3NO2/c8-3-1-13-2-4-5(3)7(9,10)6(12)11-4/h3-5H,1-2H2,(H,11,12)/t3-,4-,5+/m0/s1. The third-order valence-electron chi connectivity index (χ3n) is 2.44. The second-order valence-electron chi connectivity index (χ2n) is 3.28. The van der Waals surface area contributed by atoms with E-state index in [0.29, 0.717) is 13.2 Å². The first-order chi connectivity index (χ1) is 6.03. The zero-order valence-corrected chi connectivity index (χ0v) is 8.86. The average Bonchev–Trinajstić information content (AvgIpc) is 2.24. The Morgan fingerprint density at radius 3 is 2.77 bits per heavy atom. The fourth-order valence-corrected chi connectivity index (χ4v) is 3.09. The summed E-state index contributed by atoms with van der Waals surface area (Å²) in [6, 6.07) is -0.154. The zero-order valence-electron chi connectivity index (χ0n) is 6.60. The van der Waals surface area contributed by atoms with Crippen LogP contribution in [0.15, 0.2) is 0 Å². The van der Waals surface area contributed by atoms with Gasteiger partial charge in [0.05, 0.1) is 24.6 Å². The number of nitrogens with one attached hydrogen (secondary N) is 1. The minimum atomic E-state index is -1.40. The lowest BCUT2D eigenvalue weighted by Crippen LogP contribution is -2.46. The molecule has 0 bridgehead atoms. The first-order valence-electron chi connectivity index (χ1n) is 3.94. The van der Waals surface area contributed by atoms with Gasteiger partial charge < -0.3 is 10.1 Å². The number of ether oxygens (including phenoxy) is 1. The molecule has 0 aromatic rings. The molecule has 0 aliphatic carbocycles. The van der Waals surface area contributed by atoms with Crippen molar-refractivity contribution in [2.24, 2.45) is 5.92 Å². The van der Waals surface area contributed by atoms with Crippen LogP contribution in [0.4, 0.5) is 0 Å². The molecule has 3 nitrogen and oxygen atoms in total. The third-order valence-corrected chi connectivity index (χ3v) is 3.68. The zero-order chi connectivity index (χ0) is 9.64. The quantitative estimate of drug-likeness (QED) is 0.644. The van der Waals surface area contributed by atoms with E-state index in [1.54, 1.807) is 0 Å². The molecule has 0 spiro atoms. The number of rotatable bonds is 0. The second kappa shape index (κ2) is 3.16. The third kappa shape index (κ3) is 1.42. The Kier molecular flexibility index (Phi) is 2.39. The molecule has 1 N–H and O–H groups in total. The summed E-state index contributed by atoms with van der Waals surface area (Å²) < 4.78 is 3.77. The highest BCUT2D eigenvalue weighted by atomic mass is 35.5. The van der Waals surface area contributed by atoms with E-state index in [2.05, 4.69) is 5.32 Å². The largest absolute Gasteiger partial charge is 0.378 e. The van der Waals surface area contributed by atoms with Gasteiger partial charge in [-0.05, 0) is 0 Å². The van der Waals surface area contributed by atoms with Gasteiger partial charge in [-0.25, -0.2) is 0 Å². The van der Waals surface area contributed by atoms with Crippen LogP contribution in [0.5, 0.6) is 0 Å². The molecule has 1 amide bonds. The van der Waals surface area contributed by atoms with Crippen LogP contribution in [0.25, 0.3) is 0 Å². The van der Waals surface area contributed by atoms with E-state index in [9.17, 15) is 4.79 Å². The van der Waals surface area contributed by atoms with Crippen LogP contribution < -0.4 is 5.32 Å². The molecule has 13 heavy (non-hydrogen) atoms. The van der Waals surface area contributed by atoms with Gasteiger partial charge in [-0.2, -0.15) is 0 Å². The van der Waals surface area contributed by atoms with Crippen molar-refractivity contribution >= 4 is 40.7 Å². The molecule has 2 saturated heterocycles. The van der Waals surface area contributed by atoms with Crippen LogP contribution in [0.2, 0.25) is 0 Å². The number of carbonyl (C=O) groups is 1. The fourth-order valence-electron chi connectivity index (χ4n) is 1.79. The van der Waals surface area contributed by atoms with Crippen molar-refractivity contribution in [3.05, 3.63) is 0 Å². The number of amides is 1. The number of hydrogen-bond donors (Lipinski definition) is 1. The number of fused-ring (bicyclic) bond motifs is 1. The van der Waals surface area contributed by atoms with E-state index in [4.69, 9.17) is 39.5 Å². The fraction of sp³-hybridized carbons (Fsp3) is 0.857. The van der Waals surface area contributed by atoms with Gasteiger partial charge in [-0.1, -0.05) is 23.2 Å². The van der Waals surface area contributed by atoms with Crippen molar-refractivity contribution in [2.45, 2.75) is 15.8 Å². The maximum atomic E-state index is 11.3. The Labute approximate surface area is 90.7 Å². The van der Waals surface area contributed by atoms with E-state index >= 15 is 0 Å². The smallest absolute Gasteiger partial charge is 0.257 e. The molecule has 0 saturated carbocycles. The minimum absolute atomic E-state index is 0.154. The summed E-state index contributed by atoms with van der Waals surface area (Å²) in [6.07, 6.45) is 0. The summed E-state index contributed by atoms with van der Waals surface area (Å²) >= 11 is 17.8. The SMILES string of the molecule is O=C1N[C@H]2COC[C@H](Cl)[C@H]2C1(Cl)Cl. The van der Waals surface area contributed by atoms with Crippen molar-refractivity contribution in [3.63, 3.8) is 0 Å². The van der Waals surface area contributed by atoms with Gasteiger partial charge in [0, 0.05) is 5.92 Å². The van der Waals surface area contributed by atoms with Crippen LogP contribution in [-0.2, 0) is 9.53 Å². The lowest BCUT2D eigenvalue weighted by atomic mass is 9.94. The molecule has 0 aromatic heterocycles. The van der Waals surface area contributed by atoms with Crippen molar-refractivity contribution in [3.8, 4) is 0 Å². The molecule has 2 rings (SSSR count). The lowest BCUT2D eigenvalue weighted by Gasteiger charge is -2.32. The van der Waals surface area contributed by atoms with Crippen molar-refractivity contribution in [1.82, 2.24) is 5.32 Å². The Hall–Kier alpha value is 0.300. The van der Waals surface area contributed by atoms with Gasteiger partial charge in [-0.15, -0.1) is 11.6 Å². The molecular weight excluding hydrogens is 236 g/mol. The van der Waals surface area contributed by atoms with E-state index in [1.165, 1.54) is 0 Å². The molecule has 0 unspecified atom stereocenters. The number of halogens is 3. The van der Waals surface area contributed by atoms with Gasteiger partial charge in [0.15, 0.2) is 0 Å². The number of carbonyl (C=O) groups excluding carboxylic acids is 1. The van der Waals surface area contributed by atoms with Crippen LogP contribution in [0.1, 0.15) is 0 Å².